The first-order valence-corrected chi connectivity index (χ1v) is 22.7. The van der Waals surface area contributed by atoms with Crippen LogP contribution in [0.5, 0.6) is 0 Å². The third-order valence-corrected chi connectivity index (χ3v) is 12.7. The van der Waals surface area contributed by atoms with E-state index >= 15 is 0 Å². The van der Waals surface area contributed by atoms with Crippen molar-refractivity contribution in [3.8, 4) is 89.8 Å². The summed E-state index contributed by atoms with van der Waals surface area (Å²) in [7, 11) is 0. The van der Waals surface area contributed by atoms with Gasteiger partial charge < -0.3 is 8.83 Å². The molecule has 68 heavy (non-hydrogen) atoms. The minimum absolute atomic E-state index is 0.630. The second-order valence-corrected chi connectivity index (χ2v) is 17.0. The highest BCUT2D eigenvalue weighted by molar-refractivity contribution is 6.08. The minimum atomic E-state index is 0.630. The predicted octanol–water partition coefficient (Wildman–Crippen LogP) is 16.4. The molecule has 4 heterocycles. The van der Waals surface area contributed by atoms with E-state index in [0.29, 0.717) is 22.8 Å². The van der Waals surface area contributed by atoms with Gasteiger partial charge in [0, 0.05) is 33.0 Å². The van der Waals surface area contributed by atoms with Gasteiger partial charge in [0.25, 0.3) is 0 Å². The molecule has 13 rings (SSSR count). The lowest BCUT2D eigenvalue weighted by Crippen LogP contribution is -1.95. The van der Waals surface area contributed by atoms with Crippen molar-refractivity contribution >= 4 is 44.1 Å². The van der Waals surface area contributed by atoms with Crippen molar-refractivity contribution in [1.29, 1.82) is 0 Å². The molecule has 0 spiro atoms. The summed E-state index contributed by atoms with van der Waals surface area (Å²) in [4.78, 5) is 20.8. The van der Waals surface area contributed by atoms with Crippen LogP contribution >= 0.6 is 0 Å². The van der Waals surface area contributed by atoms with Gasteiger partial charge in [0.05, 0.1) is 0 Å². The molecule has 0 bridgehead atoms. The van der Waals surface area contributed by atoms with E-state index in [0.717, 1.165) is 111 Å². The van der Waals surface area contributed by atoms with E-state index < -0.39 is 0 Å². The molecule has 9 aromatic carbocycles. The lowest BCUT2D eigenvalue weighted by Gasteiger charge is -2.11. The largest absolute Gasteiger partial charge is 0.452 e. The zero-order valence-electron chi connectivity index (χ0n) is 36.5. The van der Waals surface area contributed by atoms with Gasteiger partial charge in [-0.25, -0.2) is 19.9 Å². The van der Waals surface area contributed by atoms with Crippen LogP contribution in [0.4, 0.5) is 0 Å². The quantitative estimate of drug-likeness (QED) is 0.151. The van der Waals surface area contributed by atoms with Gasteiger partial charge in [-0.1, -0.05) is 188 Å². The molecule has 0 N–H and O–H groups in total. The van der Waals surface area contributed by atoms with E-state index in [1.165, 1.54) is 0 Å². The fourth-order valence-electron chi connectivity index (χ4n) is 9.29. The molecule has 318 valence electrons. The number of furan rings is 2. The van der Waals surface area contributed by atoms with Gasteiger partial charge in [-0.05, 0) is 87.0 Å². The number of para-hydroxylation sites is 2. The number of rotatable bonds is 8. The molecule has 0 amide bonds. The summed E-state index contributed by atoms with van der Waals surface area (Å²) in [6.45, 7) is 0. The summed E-state index contributed by atoms with van der Waals surface area (Å²) >= 11 is 0. The van der Waals surface area contributed by atoms with Gasteiger partial charge in [0.2, 0.25) is 0 Å². The Morgan fingerprint density at radius 1 is 0.235 bits per heavy atom. The van der Waals surface area contributed by atoms with E-state index in [9.17, 15) is 0 Å². The highest BCUT2D eigenvalue weighted by atomic mass is 16.3. The van der Waals surface area contributed by atoms with Gasteiger partial charge in [0.15, 0.2) is 22.8 Å². The number of aromatic nitrogens is 4. The molecule has 0 fully saturated rings. The fourth-order valence-corrected chi connectivity index (χ4v) is 9.29. The maximum absolute atomic E-state index is 6.47. The summed E-state index contributed by atoms with van der Waals surface area (Å²) in [5, 5.41) is 1.91. The molecule has 0 radical (unpaired) electrons. The molecule has 0 unspecified atom stereocenters. The molecule has 0 aliphatic heterocycles. The van der Waals surface area contributed by atoms with Gasteiger partial charge in [-0.15, -0.1) is 0 Å². The van der Waals surface area contributed by atoms with Crippen molar-refractivity contribution in [2.45, 2.75) is 0 Å². The van der Waals surface area contributed by atoms with Crippen molar-refractivity contribution in [3.63, 3.8) is 0 Å². The van der Waals surface area contributed by atoms with E-state index in [2.05, 4.69) is 182 Å². The molecular weight excluding hydrogens is 833 g/mol. The molecule has 13 aromatic rings. The number of hydrogen-bond donors (Lipinski definition) is 0. The summed E-state index contributed by atoms with van der Waals surface area (Å²) in [6.07, 6.45) is 0. The van der Waals surface area contributed by atoms with Crippen LogP contribution in [0.25, 0.3) is 134 Å². The topological polar surface area (TPSA) is 77.8 Å². The first-order valence-electron chi connectivity index (χ1n) is 22.7. The maximum Gasteiger partial charge on any atom is 0.180 e. The molecule has 6 nitrogen and oxygen atoms in total. The minimum Gasteiger partial charge on any atom is -0.452 e. The van der Waals surface area contributed by atoms with Crippen LogP contribution in [0, 0.1) is 0 Å². The third-order valence-electron chi connectivity index (χ3n) is 12.7. The fraction of sp³-hybridized carbons (Fsp3) is 0. The van der Waals surface area contributed by atoms with Crippen LogP contribution in [-0.4, -0.2) is 19.9 Å². The summed E-state index contributed by atoms with van der Waals surface area (Å²) < 4.78 is 12.9. The standard InChI is InChI=1S/C62H38N4O2/c1-3-14-39(15-4-1)41-28-32-43(33-29-41)55-59-57(51-24-7-9-26-53(51)67-59)65-61(63-55)49-22-12-20-47(37-49)45-18-11-19-46(36-45)48-21-13-23-50(38-48)62-64-56(60-58(66-62)52-25-8-10-27-54(52)68-60)44-34-30-42(31-35-44)40-16-5-2-6-17-40/h1-38H. The van der Waals surface area contributed by atoms with Gasteiger partial charge in [0.1, 0.15) is 33.6 Å². The number of nitrogens with zero attached hydrogens (tertiary/aromatic N) is 4. The number of benzene rings is 9. The highest BCUT2D eigenvalue weighted by Gasteiger charge is 2.21. The Morgan fingerprint density at radius 2 is 0.544 bits per heavy atom. The van der Waals surface area contributed by atoms with E-state index in [4.69, 9.17) is 28.8 Å². The molecule has 0 saturated heterocycles. The lowest BCUT2D eigenvalue weighted by molar-refractivity contribution is 0.667. The van der Waals surface area contributed by atoms with Crippen molar-refractivity contribution in [2.24, 2.45) is 0 Å². The summed E-state index contributed by atoms with van der Waals surface area (Å²) in [5.41, 5.74) is 18.6. The third kappa shape index (κ3) is 7.00. The van der Waals surface area contributed by atoms with Gasteiger partial charge in [-0.2, -0.15) is 0 Å². The Balaban J connectivity index is 0.864. The van der Waals surface area contributed by atoms with E-state index in [1.54, 1.807) is 0 Å². The maximum atomic E-state index is 6.47. The van der Waals surface area contributed by atoms with Crippen molar-refractivity contribution < 1.29 is 8.83 Å². The Hall–Kier alpha value is -9.26. The van der Waals surface area contributed by atoms with Crippen molar-refractivity contribution in [1.82, 2.24) is 19.9 Å². The molecule has 0 saturated carbocycles. The zero-order valence-corrected chi connectivity index (χ0v) is 36.5. The second kappa shape index (κ2) is 16.3. The summed E-state index contributed by atoms with van der Waals surface area (Å²) in [6, 6.07) is 79.5. The van der Waals surface area contributed by atoms with Crippen LogP contribution in [0.15, 0.2) is 239 Å². The highest BCUT2D eigenvalue weighted by Crippen LogP contribution is 2.39. The zero-order chi connectivity index (χ0) is 45.0. The lowest BCUT2D eigenvalue weighted by atomic mass is 9.96. The monoisotopic (exact) mass is 870 g/mol. The van der Waals surface area contributed by atoms with Crippen LogP contribution in [-0.2, 0) is 0 Å². The van der Waals surface area contributed by atoms with Crippen LogP contribution in [0.1, 0.15) is 0 Å². The Morgan fingerprint density at radius 3 is 0.956 bits per heavy atom. The van der Waals surface area contributed by atoms with Crippen molar-refractivity contribution in [2.75, 3.05) is 0 Å². The van der Waals surface area contributed by atoms with Crippen LogP contribution in [0.2, 0.25) is 0 Å². The molecule has 4 aromatic heterocycles. The Bertz CT molecular complexity index is 3750. The molecule has 0 aliphatic carbocycles. The van der Waals surface area contributed by atoms with Crippen LogP contribution in [0.3, 0.4) is 0 Å². The smallest absolute Gasteiger partial charge is 0.180 e. The molecule has 0 aliphatic rings. The normalized spacial score (nSPS) is 11.5. The van der Waals surface area contributed by atoms with Gasteiger partial charge >= 0.3 is 0 Å². The van der Waals surface area contributed by atoms with E-state index in [-0.39, 0.29) is 0 Å². The molecule has 6 heteroatoms. The SMILES string of the molecule is c1ccc(-c2ccc(-c3nc(-c4cccc(-c5cccc(-c6cccc(-c7nc(-c8ccc(-c9ccccc9)cc8)c8oc9ccccc9c8n7)c6)c5)c4)nc4c3oc3ccccc34)cc2)cc1. The average molecular weight is 871 g/mol. The summed E-state index contributed by atoms with van der Waals surface area (Å²) in [5.74, 6) is 1.26. The van der Waals surface area contributed by atoms with Crippen LogP contribution < -0.4 is 0 Å². The predicted molar refractivity (Wildman–Crippen MR) is 276 cm³/mol. The average Bonchev–Trinajstić information content (AvgIpc) is 4.00. The first kappa shape index (κ1) is 39.1. The Kier molecular flexibility index (Phi) is 9.39. The number of hydrogen-bond acceptors (Lipinski definition) is 6. The molecular formula is C62H38N4O2. The Labute approximate surface area is 391 Å². The first-order chi connectivity index (χ1) is 33.7. The second-order valence-electron chi connectivity index (χ2n) is 17.0. The van der Waals surface area contributed by atoms with E-state index in [1.807, 2.05) is 48.5 Å². The number of fused-ring (bicyclic) bond motifs is 6. The molecule has 0 atom stereocenters. The van der Waals surface area contributed by atoms with Crippen molar-refractivity contribution in [3.05, 3.63) is 231 Å². The van der Waals surface area contributed by atoms with Gasteiger partial charge in [-0.3, -0.25) is 0 Å².